The van der Waals surface area contributed by atoms with Crippen LogP contribution in [0.3, 0.4) is 0 Å². The van der Waals surface area contributed by atoms with Gasteiger partial charge in [-0.25, -0.2) is 14.5 Å². The molecule has 0 saturated heterocycles. The number of carboxylic acid groups (broad SMARTS) is 1. The van der Waals surface area contributed by atoms with Crippen molar-refractivity contribution in [2.75, 3.05) is 0 Å². The SMILES string of the molecule is O=C(O)c1nc(-c2ccccc2)n(-c2cccc([N+](=O)[O-])c2)n1. The van der Waals surface area contributed by atoms with Crippen LogP contribution in [0, 0.1) is 10.1 Å². The summed E-state index contributed by atoms with van der Waals surface area (Å²) in [6.07, 6.45) is 0. The maximum absolute atomic E-state index is 11.2. The van der Waals surface area contributed by atoms with Crippen LogP contribution in [0.2, 0.25) is 0 Å². The van der Waals surface area contributed by atoms with Gasteiger partial charge in [0.05, 0.1) is 10.6 Å². The van der Waals surface area contributed by atoms with Crippen molar-refractivity contribution in [1.82, 2.24) is 14.8 Å². The molecule has 8 heteroatoms. The first kappa shape index (κ1) is 14.4. The smallest absolute Gasteiger partial charge is 0.375 e. The summed E-state index contributed by atoms with van der Waals surface area (Å²) in [5, 5.41) is 24.0. The van der Waals surface area contributed by atoms with E-state index in [0.29, 0.717) is 17.1 Å². The predicted molar refractivity (Wildman–Crippen MR) is 80.4 cm³/mol. The molecule has 23 heavy (non-hydrogen) atoms. The van der Waals surface area contributed by atoms with Gasteiger partial charge in [-0.05, 0) is 6.07 Å². The van der Waals surface area contributed by atoms with Crippen molar-refractivity contribution in [1.29, 1.82) is 0 Å². The monoisotopic (exact) mass is 310 g/mol. The Morgan fingerprint density at radius 1 is 1.13 bits per heavy atom. The Hall–Kier alpha value is -3.55. The second-order valence-corrected chi connectivity index (χ2v) is 4.62. The third-order valence-corrected chi connectivity index (χ3v) is 3.12. The first-order valence-corrected chi connectivity index (χ1v) is 6.57. The van der Waals surface area contributed by atoms with Gasteiger partial charge in [0.1, 0.15) is 0 Å². The van der Waals surface area contributed by atoms with Gasteiger partial charge in [0.2, 0.25) is 0 Å². The summed E-state index contributed by atoms with van der Waals surface area (Å²) in [7, 11) is 0. The van der Waals surface area contributed by atoms with Crippen LogP contribution in [-0.4, -0.2) is 30.8 Å². The fourth-order valence-corrected chi connectivity index (χ4v) is 2.10. The van der Waals surface area contributed by atoms with Gasteiger partial charge in [-0.1, -0.05) is 36.4 Å². The largest absolute Gasteiger partial charge is 0.475 e. The van der Waals surface area contributed by atoms with Crippen molar-refractivity contribution in [3.8, 4) is 17.1 Å². The van der Waals surface area contributed by atoms with Gasteiger partial charge in [-0.3, -0.25) is 10.1 Å². The Morgan fingerprint density at radius 3 is 2.52 bits per heavy atom. The van der Waals surface area contributed by atoms with E-state index in [4.69, 9.17) is 5.11 Å². The van der Waals surface area contributed by atoms with Crippen molar-refractivity contribution in [2.45, 2.75) is 0 Å². The maximum atomic E-state index is 11.2. The lowest BCUT2D eigenvalue weighted by molar-refractivity contribution is -0.384. The molecule has 0 saturated carbocycles. The van der Waals surface area contributed by atoms with Gasteiger partial charge in [-0.2, -0.15) is 0 Å². The second kappa shape index (κ2) is 5.68. The van der Waals surface area contributed by atoms with Gasteiger partial charge in [0, 0.05) is 17.7 Å². The molecule has 1 aromatic heterocycles. The Bertz CT molecular complexity index is 890. The number of hydrogen-bond donors (Lipinski definition) is 1. The Labute approximate surface area is 129 Å². The summed E-state index contributed by atoms with van der Waals surface area (Å²) < 4.78 is 1.28. The number of carboxylic acids is 1. The lowest BCUT2D eigenvalue weighted by Gasteiger charge is -2.05. The summed E-state index contributed by atoms with van der Waals surface area (Å²) in [5.41, 5.74) is 0.894. The van der Waals surface area contributed by atoms with Gasteiger partial charge in [0.15, 0.2) is 5.82 Å². The average Bonchev–Trinajstić information content (AvgIpc) is 3.01. The molecule has 0 aliphatic heterocycles. The molecule has 0 radical (unpaired) electrons. The van der Waals surface area contributed by atoms with E-state index in [1.165, 1.54) is 22.9 Å². The van der Waals surface area contributed by atoms with E-state index in [-0.39, 0.29) is 11.5 Å². The molecule has 1 N–H and O–H groups in total. The van der Waals surface area contributed by atoms with E-state index in [2.05, 4.69) is 10.1 Å². The molecule has 3 aromatic rings. The van der Waals surface area contributed by atoms with E-state index < -0.39 is 10.9 Å². The molecule has 3 rings (SSSR count). The van der Waals surface area contributed by atoms with E-state index >= 15 is 0 Å². The topological polar surface area (TPSA) is 111 Å². The molecule has 0 bridgehead atoms. The lowest BCUT2D eigenvalue weighted by atomic mass is 10.2. The third kappa shape index (κ3) is 2.77. The van der Waals surface area contributed by atoms with Crippen molar-refractivity contribution in [3.05, 3.63) is 70.5 Å². The summed E-state index contributed by atoms with van der Waals surface area (Å²) in [6, 6.07) is 14.6. The molecule has 0 aliphatic carbocycles. The zero-order valence-electron chi connectivity index (χ0n) is 11.7. The highest BCUT2D eigenvalue weighted by molar-refractivity contribution is 5.84. The quantitative estimate of drug-likeness (QED) is 0.585. The van der Waals surface area contributed by atoms with Crippen LogP contribution in [0.5, 0.6) is 0 Å². The summed E-state index contributed by atoms with van der Waals surface area (Å²) in [4.78, 5) is 25.6. The van der Waals surface area contributed by atoms with Crippen LogP contribution in [0.4, 0.5) is 5.69 Å². The number of aromatic carboxylic acids is 1. The second-order valence-electron chi connectivity index (χ2n) is 4.62. The number of non-ortho nitro benzene ring substituents is 1. The highest BCUT2D eigenvalue weighted by Crippen LogP contribution is 2.23. The van der Waals surface area contributed by atoms with Crippen molar-refractivity contribution in [3.63, 3.8) is 0 Å². The van der Waals surface area contributed by atoms with Gasteiger partial charge in [0.25, 0.3) is 11.5 Å². The minimum atomic E-state index is -1.27. The minimum absolute atomic E-state index is 0.117. The molecule has 0 amide bonds. The minimum Gasteiger partial charge on any atom is -0.475 e. The van der Waals surface area contributed by atoms with E-state index in [0.717, 1.165) is 0 Å². The van der Waals surface area contributed by atoms with Gasteiger partial charge < -0.3 is 5.11 Å². The third-order valence-electron chi connectivity index (χ3n) is 3.12. The van der Waals surface area contributed by atoms with Crippen molar-refractivity contribution in [2.24, 2.45) is 0 Å². The van der Waals surface area contributed by atoms with E-state index in [1.54, 1.807) is 30.3 Å². The number of nitro benzene ring substituents is 1. The highest BCUT2D eigenvalue weighted by Gasteiger charge is 2.19. The number of rotatable bonds is 4. The van der Waals surface area contributed by atoms with Crippen molar-refractivity contribution < 1.29 is 14.8 Å². The Morgan fingerprint density at radius 2 is 1.87 bits per heavy atom. The highest BCUT2D eigenvalue weighted by atomic mass is 16.6. The number of hydrogen-bond acceptors (Lipinski definition) is 5. The van der Waals surface area contributed by atoms with Gasteiger partial charge >= 0.3 is 5.97 Å². The summed E-state index contributed by atoms with van der Waals surface area (Å²) in [6.45, 7) is 0. The summed E-state index contributed by atoms with van der Waals surface area (Å²) in [5.74, 6) is -1.36. The van der Waals surface area contributed by atoms with Crippen LogP contribution in [0.25, 0.3) is 17.1 Å². The maximum Gasteiger partial charge on any atom is 0.375 e. The zero-order chi connectivity index (χ0) is 16.4. The predicted octanol–water partition coefficient (Wildman–Crippen LogP) is 2.54. The van der Waals surface area contributed by atoms with Crippen LogP contribution in [-0.2, 0) is 0 Å². The first-order chi connectivity index (χ1) is 11.1. The molecule has 0 atom stereocenters. The Kier molecular flexibility index (Phi) is 3.55. The van der Waals surface area contributed by atoms with E-state index in [9.17, 15) is 14.9 Å². The standard InChI is InChI=1S/C15H10N4O4/c20-15(21)13-16-14(10-5-2-1-3-6-10)18(17-13)11-7-4-8-12(9-11)19(22)23/h1-9H,(H,20,21). The molecular weight excluding hydrogens is 300 g/mol. The van der Waals surface area contributed by atoms with E-state index in [1.807, 2.05) is 6.07 Å². The van der Waals surface area contributed by atoms with Crippen molar-refractivity contribution >= 4 is 11.7 Å². The van der Waals surface area contributed by atoms with Crippen LogP contribution in [0.15, 0.2) is 54.6 Å². The average molecular weight is 310 g/mol. The van der Waals surface area contributed by atoms with Crippen LogP contribution < -0.4 is 0 Å². The number of carbonyl (C=O) groups is 1. The number of benzene rings is 2. The fourth-order valence-electron chi connectivity index (χ4n) is 2.10. The van der Waals surface area contributed by atoms with Crippen LogP contribution >= 0.6 is 0 Å². The molecule has 0 spiro atoms. The molecule has 0 fully saturated rings. The molecule has 0 aliphatic rings. The molecule has 114 valence electrons. The van der Waals surface area contributed by atoms with Crippen LogP contribution in [0.1, 0.15) is 10.6 Å². The lowest BCUT2D eigenvalue weighted by Crippen LogP contribution is -2.03. The van der Waals surface area contributed by atoms with Gasteiger partial charge in [-0.15, -0.1) is 5.10 Å². The molecule has 8 nitrogen and oxygen atoms in total. The summed E-state index contributed by atoms with van der Waals surface area (Å²) >= 11 is 0. The zero-order valence-corrected chi connectivity index (χ0v) is 11.7. The molecular formula is C15H10N4O4. The normalized spacial score (nSPS) is 10.4. The Balaban J connectivity index is 2.20. The number of nitrogens with zero attached hydrogens (tertiary/aromatic N) is 4. The molecule has 1 heterocycles. The molecule has 2 aromatic carbocycles. The fraction of sp³-hybridized carbons (Fsp3) is 0. The first-order valence-electron chi connectivity index (χ1n) is 6.57. The molecule has 0 unspecified atom stereocenters. The number of aromatic nitrogens is 3. The number of nitro groups is 1.